The number of fused-ring (bicyclic) bond motifs is 2. The molecule has 6 aromatic rings. The van der Waals surface area contributed by atoms with E-state index in [1.165, 1.54) is 6.07 Å². The molecule has 0 radical (unpaired) electrons. The number of carbonyl (C=O) groups is 1. The molecule has 1 unspecified atom stereocenters. The fraction of sp³-hybridized carbons (Fsp3) is 0.310. The molecule has 0 saturated heterocycles. The number of pyridine rings is 2. The van der Waals surface area contributed by atoms with Gasteiger partial charge in [0.05, 0.1) is 27.9 Å². The molecule has 6 rings (SSSR count). The number of ether oxygens (including phenoxy) is 1. The number of H-pyrrole nitrogens is 1. The Morgan fingerprint density at radius 2 is 1.65 bits per heavy atom. The van der Waals surface area contributed by atoms with Crippen molar-refractivity contribution in [2.24, 2.45) is 5.41 Å². The van der Waals surface area contributed by atoms with Gasteiger partial charge in [-0.2, -0.15) is 13.2 Å². The van der Waals surface area contributed by atoms with Crippen molar-refractivity contribution >= 4 is 39.5 Å². The monoisotopic (exact) mass is 725 g/mol. The molecule has 0 bridgehead atoms. The fourth-order valence-corrected chi connectivity index (χ4v) is 8.01. The summed E-state index contributed by atoms with van der Waals surface area (Å²) >= 11 is 1.70. The highest BCUT2D eigenvalue weighted by atomic mass is 32.2. The molecule has 10 heteroatoms. The van der Waals surface area contributed by atoms with Crippen LogP contribution in [-0.2, 0) is 24.0 Å². The second-order valence-corrected chi connectivity index (χ2v) is 16.0. The van der Waals surface area contributed by atoms with Crippen LogP contribution in [0.4, 0.5) is 13.2 Å². The summed E-state index contributed by atoms with van der Waals surface area (Å²) in [6, 6.07) is 27.7. The summed E-state index contributed by atoms with van der Waals surface area (Å²) in [5.74, 6) is -0.605. The van der Waals surface area contributed by atoms with Crippen LogP contribution in [0.2, 0.25) is 0 Å². The van der Waals surface area contributed by atoms with Crippen LogP contribution in [-0.4, -0.2) is 30.8 Å². The summed E-state index contributed by atoms with van der Waals surface area (Å²) in [5.41, 5.74) is 3.59. The molecule has 1 atom stereocenters. The average molecular weight is 726 g/mol. The van der Waals surface area contributed by atoms with Gasteiger partial charge in [-0.1, -0.05) is 83.1 Å². The Morgan fingerprint density at radius 1 is 0.923 bits per heavy atom. The Morgan fingerprint density at radius 3 is 2.29 bits per heavy atom. The van der Waals surface area contributed by atoms with Crippen molar-refractivity contribution in [1.82, 2.24) is 15.0 Å². The van der Waals surface area contributed by atoms with E-state index in [9.17, 15) is 23.1 Å². The number of alkyl halides is 3. The molecule has 3 aromatic heterocycles. The van der Waals surface area contributed by atoms with E-state index < -0.39 is 29.0 Å². The molecule has 0 spiro atoms. The van der Waals surface area contributed by atoms with Gasteiger partial charge in [-0.3, -0.25) is 9.78 Å². The molecular formula is C42H42F3N3O3S. The lowest BCUT2D eigenvalue weighted by atomic mass is 9.67. The summed E-state index contributed by atoms with van der Waals surface area (Å²) in [5, 5.41) is 12.9. The molecule has 0 aliphatic carbocycles. The van der Waals surface area contributed by atoms with Crippen molar-refractivity contribution < 1.29 is 27.8 Å². The number of benzene rings is 3. The number of aromatic amines is 1. The van der Waals surface area contributed by atoms with Crippen LogP contribution in [0.15, 0.2) is 102 Å². The molecule has 0 amide bonds. The lowest BCUT2D eigenvalue weighted by Gasteiger charge is -2.36. The van der Waals surface area contributed by atoms with E-state index in [-0.39, 0.29) is 4.75 Å². The van der Waals surface area contributed by atoms with Crippen LogP contribution in [0.3, 0.4) is 0 Å². The van der Waals surface area contributed by atoms with Crippen LogP contribution in [0.25, 0.3) is 33.1 Å². The van der Waals surface area contributed by atoms with Gasteiger partial charge in [-0.15, -0.1) is 11.8 Å². The molecule has 3 heterocycles. The number of hydrogen-bond acceptors (Lipinski definition) is 5. The molecular weight excluding hydrogens is 684 g/mol. The zero-order valence-corrected chi connectivity index (χ0v) is 30.7. The number of rotatable bonds is 12. The Kier molecular flexibility index (Phi) is 10.4. The van der Waals surface area contributed by atoms with Crippen molar-refractivity contribution in [1.29, 1.82) is 0 Å². The third-order valence-corrected chi connectivity index (χ3v) is 10.9. The standard InChI is InChI=1S/C42H42F3N3O3S/c1-6-41(7-2,39(49)50)33(22-26-12-14-28(15-13-26)34-20-17-29(24-46-34)42(43,44)45)37-38(52-40(3,4)5)32-23-31(19-21-36(32)48-37)51-25-30-18-16-27-10-8-9-11-35(27)47-30/h8-21,23-24,33,48H,6-7,22,25H2,1-5H3,(H,49,50). The summed E-state index contributed by atoms with van der Waals surface area (Å²) < 4.78 is 45.4. The van der Waals surface area contributed by atoms with E-state index in [2.05, 4.69) is 30.7 Å². The maximum atomic E-state index is 13.3. The van der Waals surface area contributed by atoms with Crippen molar-refractivity contribution in [3.05, 3.63) is 120 Å². The third kappa shape index (κ3) is 7.82. The minimum Gasteiger partial charge on any atom is -0.487 e. The van der Waals surface area contributed by atoms with Crippen molar-refractivity contribution in [2.45, 2.75) is 82.2 Å². The highest BCUT2D eigenvalue weighted by molar-refractivity contribution is 8.00. The van der Waals surface area contributed by atoms with Gasteiger partial charge in [-0.25, -0.2) is 4.98 Å². The molecule has 0 aliphatic rings. The number of carboxylic acids is 1. The minimum atomic E-state index is -4.46. The number of aromatic nitrogens is 3. The van der Waals surface area contributed by atoms with Gasteiger partial charge in [0, 0.05) is 49.3 Å². The van der Waals surface area contributed by atoms with E-state index in [1.54, 1.807) is 11.8 Å². The zero-order valence-electron chi connectivity index (χ0n) is 29.8. The molecule has 6 nitrogen and oxygen atoms in total. The van der Waals surface area contributed by atoms with E-state index in [4.69, 9.17) is 9.72 Å². The minimum absolute atomic E-state index is 0.194. The molecule has 0 saturated carbocycles. The summed E-state index contributed by atoms with van der Waals surface area (Å²) in [4.78, 5) is 26.7. The van der Waals surface area contributed by atoms with Crippen molar-refractivity contribution in [3.63, 3.8) is 0 Å². The predicted molar refractivity (Wildman–Crippen MR) is 202 cm³/mol. The smallest absolute Gasteiger partial charge is 0.417 e. The van der Waals surface area contributed by atoms with Crippen LogP contribution < -0.4 is 4.74 Å². The van der Waals surface area contributed by atoms with Crippen LogP contribution in [0, 0.1) is 5.41 Å². The first-order chi connectivity index (χ1) is 24.7. The quantitative estimate of drug-likeness (QED) is 0.122. The van der Waals surface area contributed by atoms with Gasteiger partial charge in [0.25, 0.3) is 0 Å². The molecule has 3 aromatic carbocycles. The highest BCUT2D eigenvalue weighted by Gasteiger charge is 2.45. The zero-order chi connectivity index (χ0) is 37.3. The van der Waals surface area contributed by atoms with Gasteiger partial charge in [-0.05, 0) is 67.3 Å². The first-order valence-corrected chi connectivity index (χ1v) is 18.2. The largest absolute Gasteiger partial charge is 0.487 e. The number of hydrogen-bond donors (Lipinski definition) is 2. The Hall–Kier alpha value is -4.83. The second-order valence-electron chi connectivity index (χ2n) is 14.1. The van der Waals surface area contributed by atoms with Gasteiger partial charge < -0.3 is 14.8 Å². The summed E-state index contributed by atoms with van der Waals surface area (Å²) in [7, 11) is 0. The van der Waals surface area contributed by atoms with Crippen molar-refractivity contribution in [3.8, 4) is 17.0 Å². The Bertz CT molecular complexity index is 2190. The van der Waals surface area contributed by atoms with Gasteiger partial charge in [0.1, 0.15) is 12.4 Å². The first-order valence-electron chi connectivity index (χ1n) is 17.4. The van der Waals surface area contributed by atoms with Gasteiger partial charge in [0.15, 0.2) is 0 Å². The first kappa shape index (κ1) is 36.9. The molecule has 0 fully saturated rings. The second kappa shape index (κ2) is 14.7. The van der Waals surface area contributed by atoms with E-state index in [1.807, 2.05) is 92.7 Å². The molecule has 0 aliphatic heterocycles. The average Bonchev–Trinajstić information content (AvgIpc) is 3.46. The summed E-state index contributed by atoms with van der Waals surface area (Å²) in [6.45, 7) is 10.6. The summed E-state index contributed by atoms with van der Waals surface area (Å²) in [6.07, 6.45) is -2.37. The number of para-hydroxylation sites is 1. The van der Waals surface area contributed by atoms with E-state index >= 15 is 0 Å². The van der Waals surface area contributed by atoms with E-state index in [0.29, 0.717) is 42.9 Å². The predicted octanol–water partition coefficient (Wildman–Crippen LogP) is 11.5. The maximum Gasteiger partial charge on any atom is 0.417 e. The Balaban J connectivity index is 1.37. The fourth-order valence-electron chi connectivity index (χ4n) is 6.81. The molecule has 52 heavy (non-hydrogen) atoms. The number of carboxylic acid groups (broad SMARTS) is 1. The normalized spacial score (nSPS) is 13.1. The number of halogens is 3. The van der Waals surface area contributed by atoms with Crippen LogP contribution in [0.1, 0.15) is 75.9 Å². The van der Waals surface area contributed by atoms with Crippen LogP contribution in [0.5, 0.6) is 5.75 Å². The lowest BCUT2D eigenvalue weighted by Crippen LogP contribution is -2.38. The van der Waals surface area contributed by atoms with Gasteiger partial charge in [0.2, 0.25) is 0 Å². The van der Waals surface area contributed by atoms with Crippen LogP contribution >= 0.6 is 11.8 Å². The Labute approximate surface area is 305 Å². The van der Waals surface area contributed by atoms with Crippen molar-refractivity contribution in [2.75, 3.05) is 0 Å². The molecule has 2 N–H and O–H groups in total. The topological polar surface area (TPSA) is 88.1 Å². The number of nitrogens with one attached hydrogen (secondary N) is 1. The number of aliphatic carboxylic acids is 1. The maximum absolute atomic E-state index is 13.3. The lowest BCUT2D eigenvalue weighted by molar-refractivity contribution is -0.151. The number of nitrogens with zero attached hydrogens (tertiary/aromatic N) is 2. The number of thioether (sulfide) groups is 1. The SMILES string of the molecule is CCC(CC)(C(=O)O)C(Cc1ccc(-c2ccc(C(F)(F)F)cn2)cc1)c1[nH]c2ccc(OCc3ccc4ccccc4n3)cc2c1SC(C)(C)C. The molecule has 270 valence electrons. The highest BCUT2D eigenvalue weighted by Crippen LogP contribution is 2.50. The third-order valence-electron chi connectivity index (χ3n) is 9.68. The van der Waals surface area contributed by atoms with E-state index in [0.717, 1.165) is 55.9 Å². The van der Waals surface area contributed by atoms with Gasteiger partial charge >= 0.3 is 12.1 Å².